The first-order valence-electron chi connectivity index (χ1n) is 8.54. The van der Waals surface area contributed by atoms with E-state index in [1.165, 1.54) is 11.3 Å². The molecule has 2 fully saturated rings. The van der Waals surface area contributed by atoms with Crippen molar-refractivity contribution >= 4 is 40.6 Å². The third-order valence-electron chi connectivity index (χ3n) is 5.49. The fraction of sp³-hybridized carbons (Fsp3) is 0.706. The van der Waals surface area contributed by atoms with Gasteiger partial charge in [-0.3, -0.25) is 9.59 Å². The van der Waals surface area contributed by atoms with E-state index in [4.69, 9.17) is 4.74 Å². The average Bonchev–Trinajstić information content (AvgIpc) is 2.88. The van der Waals surface area contributed by atoms with Crippen LogP contribution >= 0.6 is 23.7 Å². The predicted molar refractivity (Wildman–Crippen MR) is 98.7 cm³/mol. The Kier molecular flexibility index (Phi) is 4.96. The summed E-state index contributed by atoms with van der Waals surface area (Å²) >= 11 is 1.31. The van der Waals surface area contributed by atoms with Crippen LogP contribution in [0.5, 0.6) is 0 Å². The Morgan fingerprint density at radius 1 is 1.32 bits per heavy atom. The van der Waals surface area contributed by atoms with Gasteiger partial charge in [-0.15, -0.1) is 12.4 Å². The highest BCUT2D eigenvalue weighted by Gasteiger charge is 2.51. The van der Waals surface area contributed by atoms with Gasteiger partial charge >= 0.3 is 0 Å². The number of ketones is 1. The SMILES string of the molecule is CC1(C)CC(=O)c2sc(NC(=O)C3NCC34CCOCC4)nc2C1.Cl. The van der Waals surface area contributed by atoms with E-state index in [1.807, 2.05) is 0 Å². The molecule has 8 heteroatoms. The van der Waals surface area contributed by atoms with Crippen molar-refractivity contribution in [1.82, 2.24) is 10.3 Å². The van der Waals surface area contributed by atoms with Gasteiger partial charge in [-0.2, -0.15) is 0 Å². The Morgan fingerprint density at radius 3 is 2.68 bits per heavy atom. The van der Waals surface area contributed by atoms with E-state index >= 15 is 0 Å². The van der Waals surface area contributed by atoms with Crippen LogP contribution in [-0.2, 0) is 16.0 Å². The Hall–Kier alpha value is -1.02. The van der Waals surface area contributed by atoms with Crippen LogP contribution in [0.2, 0.25) is 0 Å². The van der Waals surface area contributed by atoms with E-state index in [9.17, 15) is 9.59 Å². The summed E-state index contributed by atoms with van der Waals surface area (Å²) in [7, 11) is 0. The van der Waals surface area contributed by atoms with Gasteiger partial charge in [0.2, 0.25) is 5.91 Å². The van der Waals surface area contributed by atoms with Gasteiger partial charge in [0.05, 0.1) is 16.6 Å². The van der Waals surface area contributed by atoms with Crippen LogP contribution in [0.15, 0.2) is 0 Å². The highest BCUT2D eigenvalue weighted by molar-refractivity contribution is 7.17. The number of halogens is 1. The molecule has 0 saturated carbocycles. The summed E-state index contributed by atoms with van der Waals surface area (Å²) in [6.45, 7) is 6.48. The van der Waals surface area contributed by atoms with Crippen molar-refractivity contribution in [2.45, 2.75) is 45.6 Å². The van der Waals surface area contributed by atoms with Gasteiger partial charge in [-0.1, -0.05) is 25.2 Å². The fourth-order valence-corrected chi connectivity index (χ4v) is 4.98. The van der Waals surface area contributed by atoms with Crippen LogP contribution in [0.3, 0.4) is 0 Å². The standard InChI is InChI=1S/C17H23N3O3S.ClH/c1-16(2)7-10-12(11(21)8-16)24-15(19-10)20-14(22)13-17(9-18-13)3-5-23-6-4-17;/h13,18H,3-9H2,1-2H3,(H,19,20,22);1H. The lowest BCUT2D eigenvalue weighted by Gasteiger charge is -2.51. The maximum atomic E-state index is 12.7. The van der Waals surface area contributed by atoms with Crippen molar-refractivity contribution in [2.75, 3.05) is 25.1 Å². The van der Waals surface area contributed by atoms with Gasteiger partial charge in [-0.25, -0.2) is 4.98 Å². The summed E-state index contributed by atoms with van der Waals surface area (Å²) in [6.07, 6.45) is 3.16. The third-order valence-corrected chi connectivity index (χ3v) is 6.54. The summed E-state index contributed by atoms with van der Waals surface area (Å²) in [5, 5.41) is 6.73. The lowest BCUT2D eigenvalue weighted by Crippen LogP contribution is -2.68. The summed E-state index contributed by atoms with van der Waals surface area (Å²) in [6, 6.07) is -0.186. The van der Waals surface area contributed by atoms with Crippen molar-refractivity contribution in [3.63, 3.8) is 0 Å². The zero-order valence-electron chi connectivity index (χ0n) is 14.5. The Balaban J connectivity index is 0.00000182. The highest BCUT2D eigenvalue weighted by Crippen LogP contribution is 2.41. The smallest absolute Gasteiger partial charge is 0.243 e. The number of amides is 1. The molecule has 25 heavy (non-hydrogen) atoms. The summed E-state index contributed by atoms with van der Waals surface area (Å²) in [5.41, 5.74) is 0.803. The summed E-state index contributed by atoms with van der Waals surface area (Å²) in [5.74, 6) is 0.0999. The zero-order valence-corrected chi connectivity index (χ0v) is 16.1. The van der Waals surface area contributed by atoms with Crippen molar-refractivity contribution in [2.24, 2.45) is 10.8 Å². The van der Waals surface area contributed by atoms with Crippen LogP contribution in [-0.4, -0.2) is 42.5 Å². The number of fused-ring (bicyclic) bond motifs is 1. The fourth-order valence-electron chi connectivity index (χ4n) is 4.06. The molecule has 1 aromatic heterocycles. The number of nitrogens with zero attached hydrogens (tertiary/aromatic N) is 1. The van der Waals surface area contributed by atoms with Crippen LogP contribution in [0, 0.1) is 10.8 Å². The van der Waals surface area contributed by atoms with Gasteiger partial charge in [0.25, 0.3) is 0 Å². The topological polar surface area (TPSA) is 80.3 Å². The van der Waals surface area contributed by atoms with Crippen molar-refractivity contribution < 1.29 is 14.3 Å². The molecule has 1 amide bonds. The number of anilines is 1. The predicted octanol–water partition coefficient (Wildman–Crippen LogP) is 2.43. The van der Waals surface area contributed by atoms with E-state index in [0.29, 0.717) is 16.4 Å². The van der Waals surface area contributed by atoms with Gasteiger partial charge in [0.1, 0.15) is 0 Å². The van der Waals surface area contributed by atoms with Crippen molar-refractivity contribution in [1.29, 1.82) is 0 Å². The Labute approximate surface area is 157 Å². The van der Waals surface area contributed by atoms with E-state index in [0.717, 1.165) is 44.7 Å². The molecule has 6 nitrogen and oxygen atoms in total. The molecule has 0 radical (unpaired) electrons. The molecule has 138 valence electrons. The van der Waals surface area contributed by atoms with Crippen LogP contribution in [0.25, 0.3) is 0 Å². The second-order valence-electron chi connectivity index (χ2n) is 8.01. The van der Waals surface area contributed by atoms with Crippen molar-refractivity contribution in [3.8, 4) is 0 Å². The van der Waals surface area contributed by atoms with Crippen LogP contribution < -0.4 is 10.6 Å². The minimum Gasteiger partial charge on any atom is -0.381 e. The largest absolute Gasteiger partial charge is 0.381 e. The summed E-state index contributed by atoms with van der Waals surface area (Å²) in [4.78, 5) is 30.2. The Bertz CT molecular complexity index is 697. The molecule has 4 rings (SSSR count). The normalized spacial score (nSPS) is 26.3. The molecule has 0 bridgehead atoms. The molecule has 1 aromatic rings. The van der Waals surface area contributed by atoms with E-state index in [-0.39, 0.29) is 41.0 Å². The third kappa shape index (κ3) is 3.35. The minimum absolute atomic E-state index is 0. The monoisotopic (exact) mass is 385 g/mol. The molecule has 3 aliphatic rings. The van der Waals surface area contributed by atoms with E-state index in [2.05, 4.69) is 29.5 Å². The summed E-state index contributed by atoms with van der Waals surface area (Å²) < 4.78 is 5.43. The van der Waals surface area contributed by atoms with Crippen LogP contribution in [0.1, 0.15) is 48.5 Å². The lowest BCUT2D eigenvalue weighted by atomic mass is 9.67. The van der Waals surface area contributed by atoms with E-state index < -0.39 is 0 Å². The van der Waals surface area contributed by atoms with Crippen molar-refractivity contribution in [3.05, 3.63) is 10.6 Å². The first kappa shape index (κ1) is 18.8. The molecular weight excluding hydrogens is 362 g/mol. The number of carbonyl (C=O) groups excluding carboxylic acids is 2. The van der Waals surface area contributed by atoms with E-state index in [1.54, 1.807) is 0 Å². The Morgan fingerprint density at radius 2 is 2.04 bits per heavy atom. The molecule has 1 spiro atoms. The molecule has 1 aliphatic carbocycles. The molecule has 1 atom stereocenters. The second kappa shape index (κ2) is 6.61. The number of carbonyl (C=O) groups is 2. The maximum absolute atomic E-state index is 12.7. The number of rotatable bonds is 2. The number of nitrogens with one attached hydrogen (secondary N) is 2. The number of Topliss-reactive ketones (excluding diaryl/α,β-unsaturated/α-hetero) is 1. The first-order valence-corrected chi connectivity index (χ1v) is 9.35. The molecule has 1 unspecified atom stereocenters. The number of hydrogen-bond acceptors (Lipinski definition) is 6. The minimum atomic E-state index is -0.186. The maximum Gasteiger partial charge on any atom is 0.243 e. The number of aromatic nitrogens is 1. The second-order valence-corrected chi connectivity index (χ2v) is 9.01. The number of ether oxygens (including phenoxy) is 1. The van der Waals surface area contributed by atoms with Gasteiger partial charge in [0, 0.05) is 31.6 Å². The van der Waals surface area contributed by atoms with Gasteiger partial charge < -0.3 is 15.4 Å². The molecule has 2 N–H and O–H groups in total. The van der Waals surface area contributed by atoms with Gasteiger partial charge in [0.15, 0.2) is 10.9 Å². The number of thiazole rings is 1. The highest BCUT2D eigenvalue weighted by atomic mass is 35.5. The molecule has 2 aliphatic heterocycles. The zero-order chi connectivity index (χ0) is 16.9. The van der Waals surface area contributed by atoms with Gasteiger partial charge in [-0.05, 0) is 24.7 Å². The number of hydrogen-bond donors (Lipinski definition) is 2. The molecule has 2 saturated heterocycles. The molecule has 3 heterocycles. The van der Waals surface area contributed by atoms with Crippen LogP contribution in [0.4, 0.5) is 5.13 Å². The molecular formula is C17H24ClN3O3S. The quantitative estimate of drug-likeness (QED) is 0.817. The lowest BCUT2D eigenvalue weighted by molar-refractivity contribution is -0.130. The first-order chi connectivity index (χ1) is 11.4. The average molecular weight is 386 g/mol. The molecule has 0 aromatic carbocycles.